The Labute approximate surface area is 165 Å². The van der Waals surface area contributed by atoms with Gasteiger partial charge >= 0.3 is 5.63 Å². The zero-order chi connectivity index (χ0) is 20.1. The second-order valence-electron chi connectivity index (χ2n) is 6.55. The SMILES string of the molecule is O=c1oc2ncccc2c2c3cc(SF)ccc3n(Cc3cc(F)ccc3F)c12. The molecule has 2 aromatic carbocycles. The van der Waals surface area contributed by atoms with Crippen LogP contribution in [0.3, 0.4) is 0 Å². The Morgan fingerprint density at radius 2 is 1.93 bits per heavy atom. The van der Waals surface area contributed by atoms with Crippen LogP contribution in [0.2, 0.25) is 0 Å². The summed E-state index contributed by atoms with van der Waals surface area (Å²) in [5.41, 5.74) is 0.335. The third-order valence-corrected chi connectivity index (χ3v) is 5.32. The van der Waals surface area contributed by atoms with Crippen molar-refractivity contribution in [3.63, 3.8) is 0 Å². The molecule has 0 bridgehead atoms. The average molecular weight is 412 g/mol. The first kappa shape index (κ1) is 17.8. The molecule has 144 valence electrons. The molecule has 5 rings (SSSR count). The monoisotopic (exact) mass is 412 g/mol. The van der Waals surface area contributed by atoms with E-state index >= 15 is 0 Å². The number of nitrogens with zero attached hydrogens (tertiary/aromatic N) is 2. The van der Waals surface area contributed by atoms with E-state index in [0.717, 1.165) is 18.2 Å². The summed E-state index contributed by atoms with van der Waals surface area (Å²) in [5, 5.41) is 1.71. The van der Waals surface area contributed by atoms with Gasteiger partial charge < -0.3 is 8.98 Å². The van der Waals surface area contributed by atoms with Crippen LogP contribution in [-0.4, -0.2) is 9.55 Å². The molecular weight excluding hydrogens is 401 g/mol. The molecule has 3 heterocycles. The van der Waals surface area contributed by atoms with Crippen molar-refractivity contribution in [3.8, 4) is 0 Å². The van der Waals surface area contributed by atoms with Gasteiger partial charge in [-0.25, -0.2) is 18.6 Å². The maximum atomic E-state index is 14.3. The number of pyridine rings is 1. The van der Waals surface area contributed by atoms with Gasteiger partial charge in [0.25, 0.3) is 0 Å². The van der Waals surface area contributed by atoms with Crippen LogP contribution >= 0.6 is 12.1 Å². The van der Waals surface area contributed by atoms with Gasteiger partial charge in [0.05, 0.1) is 18.7 Å². The Kier molecular flexibility index (Phi) is 4.09. The smallest absolute Gasteiger partial charge is 0.362 e. The van der Waals surface area contributed by atoms with Crippen molar-refractivity contribution >= 4 is 45.1 Å². The number of halogens is 3. The molecule has 0 aliphatic rings. The van der Waals surface area contributed by atoms with E-state index < -0.39 is 17.3 Å². The summed E-state index contributed by atoms with van der Waals surface area (Å²) >= 11 is 0.0834. The Bertz CT molecular complexity index is 1480. The molecule has 0 aliphatic heterocycles. The van der Waals surface area contributed by atoms with Gasteiger partial charge in [-0.1, -0.05) is 0 Å². The summed E-state index contributed by atoms with van der Waals surface area (Å²) in [6, 6.07) is 11.4. The molecule has 8 heteroatoms. The summed E-state index contributed by atoms with van der Waals surface area (Å²) in [7, 11) is 0. The minimum Gasteiger partial charge on any atom is -0.402 e. The van der Waals surface area contributed by atoms with Gasteiger partial charge in [-0.2, -0.15) is 3.89 Å². The van der Waals surface area contributed by atoms with Gasteiger partial charge in [0, 0.05) is 38.3 Å². The molecule has 0 radical (unpaired) electrons. The van der Waals surface area contributed by atoms with Gasteiger partial charge in [-0.3, -0.25) is 0 Å². The largest absolute Gasteiger partial charge is 0.402 e. The molecule has 0 unspecified atom stereocenters. The van der Waals surface area contributed by atoms with E-state index in [4.69, 9.17) is 4.42 Å². The van der Waals surface area contributed by atoms with Crippen molar-refractivity contribution < 1.29 is 17.1 Å². The van der Waals surface area contributed by atoms with Crippen LogP contribution in [0.15, 0.2) is 68.8 Å². The maximum absolute atomic E-state index is 14.3. The molecule has 0 saturated carbocycles. The Balaban J connectivity index is 1.93. The summed E-state index contributed by atoms with van der Waals surface area (Å²) in [6.07, 6.45) is 1.50. The Morgan fingerprint density at radius 3 is 2.76 bits per heavy atom. The van der Waals surface area contributed by atoms with Gasteiger partial charge in [0.1, 0.15) is 17.2 Å². The zero-order valence-corrected chi connectivity index (χ0v) is 15.5. The van der Waals surface area contributed by atoms with Crippen LogP contribution in [0.5, 0.6) is 0 Å². The quantitative estimate of drug-likeness (QED) is 0.387. The van der Waals surface area contributed by atoms with Crippen LogP contribution in [-0.2, 0) is 6.54 Å². The second kappa shape index (κ2) is 6.66. The van der Waals surface area contributed by atoms with Crippen molar-refractivity contribution in [2.24, 2.45) is 0 Å². The van der Waals surface area contributed by atoms with Gasteiger partial charge in [-0.15, -0.1) is 0 Å². The predicted octanol–water partition coefficient (Wildman–Crippen LogP) is 5.60. The van der Waals surface area contributed by atoms with Gasteiger partial charge in [0.2, 0.25) is 5.71 Å². The van der Waals surface area contributed by atoms with E-state index in [1.165, 1.54) is 6.20 Å². The molecule has 29 heavy (non-hydrogen) atoms. The molecule has 3 aromatic heterocycles. The second-order valence-corrected chi connectivity index (χ2v) is 7.17. The van der Waals surface area contributed by atoms with Crippen molar-refractivity contribution in [2.45, 2.75) is 11.4 Å². The fraction of sp³-hybridized carbons (Fsp3) is 0.0476. The first-order chi connectivity index (χ1) is 14.1. The number of aromatic nitrogens is 2. The zero-order valence-electron chi connectivity index (χ0n) is 14.7. The standard InChI is InChI=1S/C21H11F3N2O2S/c22-12-3-5-16(23)11(8-12)10-26-17-6-4-13(29-24)9-15(17)18-14-2-1-7-25-20(14)28-21(27)19(18)26/h1-9H,10H2. The highest BCUT2D eigenvalue weighted by Crippen LogP contribution is 2.35. The summed E-state index contributed by atoms with van der Waals surface area (Å²) in [6.45, 7) is -0.0950. The van der Waals surface area contributed by atoms with E-state index in [1.807, 2.05) is 0 Å². The molecule has 5 aromatic rings. The normalized spacial score (nSPS) is 11.7. The lowest BCUT2D eigenvalue weighted by Gasteiger charge is -2.08. The predicted molar refractivity (Wildman–Crippen MR) is 106 cm³/mol. The highest BCUT2D eigenvalue weighted by atomic mass is 32.2. The molecule has 4 nitrogen and oxygen atoms in total. The molecule has 0 amide bonds. The maximum Gasteiger partial charge on any atom is 0.362 e. The van der Waals surface area contributed by atoms with Crippen LogP contribution < -0.4 is 5.63 Å². The lowest BCUT2D eigenvalue weighted by Crippen LogP contribution is -2.09. The topological polar surface area (TPSA) is 48.0 Å². The van der Waals surface area contributed by atoms with Crippen LogP contribution in [0, 0.1) is 11.6 Å². The van der Waals surface area contributed by atoms with Gasteiger partial charge in [-0.05, 0) is 48.5 Å². The minimum absolute atomic E-state index is 0.0819. The first-order valence-corrected chi connectivity index (χ1v) is 9.35. The van der Waals surface area contributed by atoms with E-state index in [0.29, 0.717) is 26.6 Å². The fourth-order valence-electron chi connectivity index (χ4n) is 3.66. The molecule has 0 N–H and O–H groups in total. The van der Waals surface area contributed by atoms with Crippen molar-refractivity contribution in [2.75, 3.05) is 0 Å². The Hall–Kier alpha value is -3.26. The third kappa shape index (κ3) is 2.79. The summed E-state index contributed by atoms with van der Waals surface area (Å²) in [4.78, 5) is 17.3. The van der Waals surface area contributed by atoms with E-state index in [-0.39, 0.29) is 35.5 Å². The van der Waals surface area contributed by atoms with Crippen LogP contribution in [0.25, 0.3) is 32.9 Å². The lowest BCUT2D eigenvalue weighted by atomic mass is 10.1. The number of rotatable bonds is 3. The molecule has 0 fully saturated rings. The minimum atomic E-state index is -0.659. The highest BCUT2D eigenvalue weighted by Gasteiger charge is 2.20. The fourth-order valence-corrected chi connectivity index (χ4v) is 3.95. The highest BCUT2D eigenvalue weighted by molar-refractivity contribution is 7.94. The number of hydrogen-bond acceptors (Lipinski definition) is 4. The summed E-state index contributed by atoms with van der Waals surface area (Å²) in [5.74, 6) is -1.18. The van der Waals surface area contributed by atoms with Crippen molar-refractivity contribution in [1.29, 1.82) is 0 Å². The average Bonchev–Trinajstić information content (AvgIpc) is 3.05. The molecule has 0 spiro atoms. The first-order valence-electron chi connectivity index (χ1n) is 8.63. The van der Waals surface area contributed by atoms with Crippen molar-refractivity contribution in [3.05, 3.63) is 82.3 Å². The summed E-state index contributed by atoms with van der Waals surface area (Å²) < 4.78 is 48.1. The van der Waals surface area contributed by atoms with E-state index in [1.54, 1.807) is 34.9 Å². The lowest BCUT2D eigenvalue weighted by molar-refractivity contribution is 0.551. The molecule has 0 saturated heterocycles. The van der Waals surface area contributed by atoms with E-state index in [9.17, 15) is 17.5 Å². The van der Waals surface area contributed by atoms with Crippen LogP contribution in [0.1, 0.15) is 5.56 Å². The third-order valence-electron chi connectivity index (χ3n) is 4.88. The van der Waals surface area contributed by atoms with E-state index in [2.05, 4.69) is 4.98 Å². The number of benzene rings is 2. The number of fused-ring (bicyclic) bond motifs is 5. The number of hydrogen-bond donors (Lipinski definition) is 0. The Morgan fingerprint density at radius 1 is 1.07 bits per heavy atom. The molecule has 0 atom stereocenters. The van der Waals surface area contributed by atoms with Gasteiger partial charge in [0.15, 0.2) is 0 Å². The molecule has 0 aliphatic carbocycles. The van der Waals surface area contributed by atoms with Crippen LogP contribution in [0.4, 0.5) is 12.7 Å². The van der Waals surface area contributed by atoms with Crippen molar-refractivity contribution in [1.82, 2.24) is 9.55 Å². The molecular formula is C21H11F3N2O2S.